The van der Waals surface area contributed by atoms with Crippen LogP contribution in [0.1, 0.15) is 51.2 Å². The highest BCUT2D eigenvalue weighted by Crippen LogP contribution is 2.35. The first-order valence-corrected chi connectivity index (χ1v) is 11.7. The Morgan fingerprint density at radius 2 is 1.88 bits per heavy atom. The molecule has 1 N–H and O–H groups in total. The van der Waals surface area contributed by atoms with Gasteiger partial charge in [-0.15, -0.1) is 0 Å². The van der Waals surface area contributed by atoms with E-state index >= 15 is 0 Å². The minimum absolute atomic E-state index is 0.0986. The van der Waals surface area contributed by atoms with Crippen LogP contribution < -0.4 is 5.32 Å². The number of benzene rings is 1. The zero-order valence-electron chi connectivity index (χ0n) is 20.2. The normalized spacial score (nSPS) is 15.4. The number of pyridine rings is 1. The number of aromatic nitrogens is 1. The van der Waals surface area contributed by atoms with Gasteiger partial charge in [0, 0.05) is 38.7 Å². The number of hydrogen-bond acceptors (Lipinski definition) is 5. The fourth-order valence-corrected chi connectivity index (χ4v) is 4.05. The van der Waals surface area contributed by atoms with Crippen molar-refractivity contribution in [2.75, 3.05) is 26.3 Å². The van der Waals surface area contributed by atoms with Gasteiger partial charge in [-0.05, 0) is 69.4 Å². The fraction of sp³-hybridized carbons (Fsp3) is 0.500. The molecule has 184 valence electrons. The van der Waals surface area contributed by atoms with Crippen molar-refractivity contribution >= 4 is 12.0 Å². The van der Waals surface area contributed by atoms with Crippen LogP contribution in [0.25, 0.3) is 0 Å². The van der Waals surface area contributed by atoms with E-state index in [0.29, 0.717) is 52.1 Å². The summed E-state index contributed by atoms with van der Waals surface area (Å²) in [5.41, 5.74) is 0.340. The molecule has 1 aromatic heterocycles. The van der Waals surface area contributed by atoms with Crippen molar-refractivity contribution < 1.29 is 23.5 Å². The highest BCUT2D eigenvalue weighted by molar-refractivity contribution is 5.88. The number of rotatable bonds is 8. The molecule has 2 amide bonds. The van der Waals surface area contributed by atoms with E-state index in [4.69, 9.17) is 9.47 Å². The average molecular weight is 472 g/mol. The Hall–Kier alpha value is -3.00. The van der Waals surface area contributed by atoms with Crippen molar-refractivity contribution in [2.45, 2.75) is 57.6 Å². The lowest BCUT2D eigenvalue weighted by molar-refractivity contribution is -0.130. The van der Waals surface area contributed by atoms with E-state index < -0.39 is 17.1 Å². The smallest absolute Gasteiger partial charge is 0.410 e. The second kappa shape index (κ2) is 11.4. The van der Waals surface area contributed by atoms with Gasteiger partial charge in [-0.25, -0.2) is 9.18 Å². The molecule has 2 heterocycles. The van der Waals surface area contributed by atoms with Crippen LogP contribution in [-0.4, -0.2) is 53.8 Å². The highest BCUT2D eigenvalue weighted by Gasteiger charge is 2.41. The van der Waals surface area contributed by atoms with Crippen LogP contribution in [0.3, 0.4) is 0 Å². The summed E-state index contributed by atoms with van der Waals surface area (Å²) in [5, 5.41) is 3.03. The maximum Gasteiger partial charge on any atom is 0.410 e. The number of carbonyl (C=O) groups is 2. The topological polar surface area (TPSA) is 80.8 Å². The highest BCUT2D eigenvalue weighted by atomic mass is 19.1. The molecular formula is C26H34FN3O4. The first-order chi connectivity index (χ1) is 16.2. The van der Waals surface area contributed by atoms with E-state index in [1.807, 2.05) is 32.9 Å². The van der Waals surface area contributed by atoms with Crippen LogP contribution in [0, 0.1) is 5.82 Å². The lowest BCUT2D eigenvalue weighted by atomic mass is 9.73. The molecule has 3 rings (SSSR count). The van der Waals surface area contributed by atoms with Crippen molar-refractivity contribution in [1.82, 2.24) is 15.2 Å². The van der Waals surface area contributed by atoms with E-state index in [9.17, 15) is 14.0 Å². The number of nitrogens with zero attached hydrogens (tertiary/aromatic N) is 2. The van der Waals surface area contributed by atoms with Gasteiger partial charge in [-0.3, -0.25) is 9.78 Å². The summed E-state index contributed by atoms with van der Waals surface area (Å²) in [6.07, 6.45) is 4.63. The van der Waals surface area contributed by atoms with Crippen LogP contribution in [0.2, 0.25) is 0 Å². The summed E-state index contributed by atoms with van der Waals surface area (Å²) in [4.78, 5) is 31.8. The van der Waals surface area contributed by atoms with E-state index in [1.165, 1.54) is 12.1 Å². The molecule has 8 heteroatoms. The van der Waals surface area contributed by atoms with E-state index in [-0.39, 0.29) is 11.7 Å². The number of nitrogens with one attached hydrogen (secondary N) is 1. The van der Waals surface area contributed by atoms with Gasteiger partial charge in [-0.1, -0.05) is 18.2 Å². The quantitative estimate of drug-likeness (QED) is 0.584. The predicted molar refractivity (Wildman–Crippen MR) is 127 cm³/mol. The van der Waals surface area contributed by atoms with Gasteiger partial charge < -0.3 is 19.7 Å². The number of ether oxygens (including phenoxy) is 2. The minimum atomic E-state index is -0.744. The maximum absolute atomic E-state index is 13.5. The third-order valence-corrected chi connectivity index (χ3v) is 5.82. The molecular weight excluding hydrogens is 437 g/mol. The summed E-state index contributed by atoms with van der Waals surface area (Å²) in [6, 6.07) is 9.86. The van der Waals surface area contributed by atoms with Gasteiger partial charge in [0.15, 0.2) is 0 Å². The molecule has 0 saturated carbocycles. The van der Waals surface area contributed by atoms with Crippen LogP contribution in [0.5, 0.6) is 0 Å². The van der Waals surface area contributed by atoms with Crippen molar-refractivity contribution in [3.63, 3.8) is 0 Å². The van der Waals surface area contributed by atoms with Gasteiger partial charge >= 0.3 is 6.09 Å². The zero-order valence-corrected chi connectivity index (χ0v) is 20.2. The van der Waals surface area contributed by atoms with Crippen molar-refractivity contribution in [3.8, 4) is 0 Å². The third-order valence-electron chi connectivity index (χ3n) is 5.82. The van der Waals surface area contributed by atoms with E-state index in [1.54, 1.807) is 29.4 Å². The maximum atomic E-state index is 13.5. The van der Waals surface area contributed by atoms with Gasteiger partial charge in [0.25, 0.3) is 0 Å². The third kappa shape index (κ3) is 7.00. The Morgan fingerprint density at radius 3 is 2.50 bits per heavy atom. The van der Waals surface area contributed by atoms with Gasteiger partial charge in [0.05, 0.1) is 12.0 Å². The lowest BCUT2D eigenvalue weighted by Gasteiger charge is -2.36. The van der Waals surface area contributed by atoms with Crippen LogP contribution in [-0.2, 0) is 26.2 Å². The first kappa shape index (κ1) is 25.6. The second-order valence-electron chi connectivity index (χ2n) is 9.57. The van der Waals surface area contributed by atoms with Crippen molar-refractivity contribution in [2.24, 2.45) is 0 Å². The molecule has 0 spiro atoms. The molecule has 7 nitrogen and oxygen atoms in total. The second-order valence-corrected chi connectivity index (χ2v) is 9.57. The largest absolute Gasteiger partial charge is 0.444 e. The molecule has 0 bridgehead atoms. The SMILES string of the molecule is CC(C)(C)OC(=O)N(CCCNC(=O)C1(c2ccc(F)cc2)CCOCC1)Cc1cccnc1. The number of hydrogen-bond donors (Lipinski definition) is 1. The number of carbonyl (C=O) groups excluding carboxylic acids is 2. The average Bonchev–Trinajstić information content (AvgIpc) is 2.81. The Kier molecular flexibility index (Phi) is 8.61. The fourth-order valence-electron chi connectivity index (χ4n) is 4.05. The molecule has 1 aromatic carbocycles. The molecule has 1 aliphatic rings. The number of halogens is 1. The Labute approximate surface area is 200 Å². The Morgan fingerprint density at radius 1 is 1.18 bits per heavy atom. The molecule has 1 saturated heterocycles. The zero-order chi connectivity index (χ0) is 24.6. The molecule has 1 aliphatic heterocycles. The summed E-state index contributed by atoms with van der Waals surface area (Å²) in [7, 11) is 0. The molecule has 0 unspecified atom stereocenters. The van der Waals surface area contributed by atoms with Crippen LogP contribution >= 0.6 is 0 Å². The monoisotopic (exact) mass is 471 g/mol. The van der Waals surface area contributed by atoms with E-state index in [0.717, 1.165) is 11.1 Å². The molecule has 0 atom stereocenters. The Balaban J connectivity index is 1.62. The van der Waals surface area contributed by atoms with E-state index in [2.05, 4.69) is 10.3 Å². The first-order valence-electron chi connectivity index (χ1n) is 11.7. The van der Waals surface area contributed by atoms with Gasteiger partial charge in [0.1, 0.15) is 11.4 Å². The van der Waals surface area contributed by atoms with Crippen LogP contribution in [0.4, 0.5) is 9.18 Å². The summed E-state index contributed by atoms with van der Waals surface area (Å²) < 4.78 is 24.5. The van der Waals surface area contributed by atoms with Crippen molar-refractivity contribution in [1.29, 1.82) is 0 Å². The summed E-state index contributed by atoms with van der Waals surface area (Å²) in [6.45, 7) is 7.62. The van der Waals surface area contributed by atoms with Crippen LogP contribution in [0.15, 0.2) is 48.8 Å². The number of amides is 2. The summed E-state index contributed by atoms with van der Waals surface area (Å²) >= 11 is 0. The summed E-state index contributed by atoms with van der Waals surface area (Å²) in [5.74, 6) is -0.430. The van der Waals surface area contributed by atoms with Gasteiger partial charge in [-0.2, -0.15) is 0 Å². The molecule has 34 heavy (non-hydrogen) atoms. The Bertz CT molecular complexity index is 939. The van der Waals surface area contributed by atoms with Gasteiger partial charge in [0.2, 0.25) is 5.91 Å². The molecule has 1 fully saturated rings. The molecule has 0 aliphatic carbocycles. The predicted octanol–water partition coefficient (Wildman–Crippen LogP) is 4.21. The van der Waals surface area contributed by atoms with Crippen molar-refractivity contribution in [3.05, 3.63) is 65.7 Å². The molecule has 2 aromatic rings. The molecule has 0 radical (unpaired) electrons. The minimum Gasteiger partial charge on any atom is -0.444 e. The standard InChI is InChI=1S/C26H34FN3O4/c1-25(2,3)34-24(32)30(19-20-6-4-13-28-18-20)15-5-14-29-23(31)26(11-16-33-17-12-26)21-7-9-22(27)10-8-21/h4,6-10,13,18H,5,11-12,14-17,19H2,1-3H3,(H,29,31). The lowest BCUT2D eigenvalue weighted by Crippen LogP contribution is -2.48.